The first-order valence-corrected chi connectivity index (χ1v) is 4.89. The van der Waals surface area contributed by atoms with Crippen molar-refractivity contribution < 1.29 is 4.74 Å². The Labute approximate surface area is 66.8 Å². The molecule has 1 nitrogen and oxygen atoms in total. The van der Waals surface area contributed by atoms with Crippen LogP contribution in [-0.4, -0.2) is 18.1 Å². The van der Waals surface area contributed by atoms with Crippen LogP contribution in [0.3, 0.4) is 0 Å². The van der Waals surface area contributed by atoms with Gasteiger partial charge in [-0.1, -0.05) is 6.58 Å². The van der Waals surface area contributed by atoms with E-state index in [2.05, 4.69) is 6.58 Å². The van der Waals surface area contributed by atoms with Gasteiger partial charge in [0.1, 0.15) is 0 Å². The van der Waals surface area contributed by atoms with Crippen molar-refractivity contribution in [2.24, 2.45) is 5.92 Å². The number of thioether (sulfide) groups is 1. The fourth-order valence-electron chi connectivity index (χ4n) is 1.14. The highest BCUT2D eigenvalue weighted by atomic mass is 32.2. The second kappa shape index (κ2) is 4.67. The monoisotopic (exact) mass is 158 g/mol. The minimum atomic E-state index is 0.775. The van der Waals surface area contributed by atoms with Crippen LogP contribution in [0.2, 0.25) is 0 Å². The van der Waals surface area contributed by atoms with Gasteiger partial charge in [-0.2, -0.15) is 11.8 Å². The summed E-state index contributed by atoms with van der Waals surface area (Å²) in [6.07, 6.45) is 4.23. The van der Waals surface area contributed by atoms with E-state index in [1.807, 2.05) is 11.8 Å². The smallest absolute Gasteiger partial charge is 0.0909 e. The van der Waals surface area contributed by atoms with Crippen molar-refractivity contribution in [3.05, 3.63) is 12.8 Å². The van der Waals surface area contributed by atoms with Crippen LogP contribution in [0.1, 0.15) is 12.8 Å². The van der Waals surface area contributed by atoms with E-state index in [-0.39, 0.29) is 0 Å². The zero-order valence-electron chi connectivity index (χ0n) is 6.21. The lowest BCUT2D eigenvalue weighted by Gasteiger charge is -2.19. The molecule has 1 unspecified atom stereocenters. The lowest BCUT2D eigenvalue weighted by molar-refractivity contribution is 0.199. The molecule has 1 rings (SSSR count). The second-order valence-corrected chi connectivity index (χ2v) is 3.73. The summed E-state index contributed by atoms with van der Waals surface area (Å²) in [5.74, 6) is 3.38. The molecular formula is C8H14OS. The predicted octanol–water partition coefficient (Wildman–Crippen LogP) is 2.29. The summed E-state index contributed by atoms with van der Waals surface area (Å²) in [5, 5.41) is 0. The molecular weight excluding hydrogens is 144 g/mol. The number of hydrogen-bond acceptors (Lipinski definition) is 2. The Balaban J connectivity index is 2.07. The van der Waals surface area contributed by atoms with Gasteiger partial charge in [0.2, 0.25) is 0 Å². The lowest BCUT2D eigenvalue weighted by atomic mass is 10.1. The number of rotatable bonds is 3. The van der Waals surface area contributed by atoms with Crippen molar-refractivity contribution in [2.45, 2.75) is 12.8 Å². The summed E-state index contributed by atoms with van der Waals surface area (Å²) in [7, 11) is 0. The van der Waals surface area contributed by atoms with Gasteiger partial charge in [0.15, 0.2) is 0 Å². The van der Waals surface area contributed by atoms with E-state index in [1.165, 1.54) is 24.3 Å². The minimum Gasteiger partial charge on any atom is -0.501 e. The molecule has 10 heavy (non-hydrogen) atoms. The van der Waals surface area contributed by atoms with E-state index in [0.717, 1.165) is 12.5 Å². The van der Waals surface area contributed by atoms with Gasteiger partial charge in [0, 0.05) is 5.92 Å². The molecule has 1 atom stereocenters. The third-order valence-electron chi connectivity index (χ3n) is 1.70. The van der Waals surface area contributed by atoms with Crippen molar-refractivity contribution in [2.75, 3.05) is 18.1 Å². The first-order valence-electron chi connectivity index (χ1n) is 3.73. The van der Waals surface area contributed by atoms with Gasteiger partial charge in [0.25, 0.3) is 0 Å². The van der Waals surface area contributed by atoms with Crippen LogP contribution >= 0.6 is 11.8 Å². The summed E-state index contributed by atoms with van der Waals surface area (Å²) in [6.45, 7) is 4.39. The second-order valence-electron chi connectivity index (χ2n) is 2.58. The molecule has 0 aromatic carbocycles. The average molecular weight is 158 g/mol. The average Bonchev–Trinajstić information content (AvgIpc) is 2.03. The maximum atomic E-state index is 5.12. The molecule has 0 saturated carbocycles. The van der Waals surface area contributed by atoms with Crippen LogP contribution < -0.4 is 0 Å². The number of ether oxygens (including phenoxy) is 1. The summed E-state index contributed by atoms with van der Waals surface area (Å²) < 4.78 is 5.12. The van der Waals surface area contributed by atoms with Crippen LogP contribution in [-0.2, 0) is 4.74 Å². The molecule has 58 valence electrons. The maximum absolute atomic E-state index is 5.12. The summed E-state index contributed by atoms with van der Waals surface area (Å²) >= 11 is 2.04. The first-order chi connectivity index (χ1) is 4.93. The molecule has 0 spiro atoms. The van der Waals surface area contributed by atoms with Crippen molar-refractivity contribution in [1.29, 1.82) is 0 Å². The van der Waals surface area contributed by atoms with Gasteiger partial charge >= 0.3 is 0 Å². The molecule has 0 amide bonds. The molecule has 2 heteroatoms. The van der Waals surface area contributed by atoms with E-state index < -0.39 is 0 Å². The first kappa shape index (κ1) is 7.99. The Morgan fingerprint density at radius 3 is 3.20 bits per heavy atom. The Morgan fingerprint density at radius 2 is 2.60 bits per heavy atom. The Hall–Kier alpha value is -0.110. The van der Waals surface area contributed by atoms with E-state index in [0.29, 0.717) is 0 Å². The number of hydrogen-bond donors (Lipinski definition) is 0. The zero-order chi connectivity index (χ0) is 7.23. The molecule has 0 aromatic rings. The molecule has 1 saturated heterocycles. The van der Waals surface area contributed by atoms with Crippen LogP contribution in [0.25, 0.3) is 0 Å². The fraction of sp³-hybridized carbons (Fsp3) is 0.750. The van der Waals surface area contributed by atoms with Crippen molar-refractivity contribution in [1.82, 2.24) is 0 Å². The van der Waals surface area contributed by atoms with E-state index in [4.69, 9.17) is 4.74 Å². The molecule has 0 N–H and O–H groups in total. The highest BCUT2D eigenvalue weighted by Gasteiger charge is 2.12. The molecule has 0 aromatic heterocycles. The lowest BCUT2D eigenvalue weighted by Crippen LogP contribution is -2.15. The van der Waals surface area contributed by atoms with Crippen molar-refractivity contribution in [3.8, 4) is 0 Å². The molecule has 1 aliphatic rings. The predicted molar refractivity (Wildman–Crippen MR) is 46.2 cm³/mol. The van der Waals surface area contributed by atoms with Gasteiger partial charge in [-0.05, 0) is 24.3 Å². The standard InChI is InChI=1S/C8H14OS/c1-2-9-6-8-4-3-5-10-7-8/h2,8H,1,3-7H2. The van der Waals surface area contributed by atoms with Crippen LogP contribution in [0.15, 0.2) is 12.8 Å². The molecule has 1 heterocycles. The molecule has 0 aliphatic carbocycles. The van der Waals surface area contributed by atoms with Gasteiger partial charge in [-0.25, -0.2) is 0 Å². The van der Waals surface area contributed by atoms with Crippen molar-refractivity contribution in [3.63, 3.8) is 0 Å². The van der Waals surface area contributed by atoms with Gasteiger partial charge in [-0.3, -0.25) is 0 Å². The van der Waals surface area contributed by atoms with Crippen LogP contribution in [0.4, 0.5) is 0 Å². The highest BCUT2D eigenvalue weighted by Crippen LogP contribution is 2.22. The van der Waals surface area contributed by atoms with Gasteiger partial charge < -0.3 is 4.74 Å². The Morgan fingerprint density at radius 1 is 1.70 bits per heavy atom. The highest BCUT2D eigenvalue weighted by molar-refractivity contribution is 7.99. The maximum Gasteiger partial charge on any atom is 0.0909 e. The minimum absolute atomic E-state index is 0.775. The molecule has 1 fully saturated rings. The van der Waals surface area contributed by atoms with Gasteiger partial charge in [0.05, 0.1) is 12.9 Å². The summed E-state index contributed by atoms with van der Waals surface area (Å²) in [5.41, 5.74) is 0. The zero-order valence-corrected chi connectivity index (χ0v) is 7.03. The normalized spacial score (nSPS) is 25.8. The quantitative estimate of drug-likeness (QED) is 0.583. The third kappa shape index (κ3) is 2.65. The summed E-state index contributed by atoms with van der Waals surface area (Å²) in [6, 6.07) is 0. The summed E-state index contributed by atoms with van der Waals surface area (Å²) in [4.78, 5) is 0. The largest absolute Gasteiger partial charge is 0.501 e. The Kier molecular flexibility index (Phi) is 3.73. The molecule has 1 aliphatic heterocycles. The Bertz CT molecular complexity index is 97.4. The molecule has 0 bridgehead atoms. The molecule has 0 radical (unpaired) electrons. The van der Waals surface area contributed by atoms with E-state index >= 15 is 0 Å². The topological polar surface area (TPSA) is 9.23 Å². The van der Waals surface area contributed by atoms with Crippen molar-refractivity contribution >= 4 is 11.8 Å². The SMILES string of the molecule is C=COCC1CCCSC1. The van der Waals surface area contributed by atoms with Gasteiger partial charge in [-0.15, -0.1) is 0 Å². The van der Waals surface area contributed by atoms with E-state index in [1.54, 1.807) is 6.26 Å². The fourth-order valence-corrected chi connectivity index (χ4v) is 2.28. The van der Waals surface area contributed by atoms with E-state index in [9.17, 15) is 0 Å². The van der Waals surface area contributed by atoms with Crippen LogP contribution in [0, 0.1) is 5.92 Å². The third-order valence-corrected chi connectivity index (χ3v) is 2.99. The van der Waals surface area contributed by atoms with Crippen LogP contribution in [0.5, 0.6) is 0 Å².